The number of carbonyl (C=O) groups excluding carboxylic acids is 2. The van der Waals surface area contributed by atoms with Gasteiger partial charge in [-0.25, -0.2) is 14.6 Å². The number of oxazole rings is 1. The summed E-state index contributed by atoms with van der Waals surface area (Å²) in [7, 11) is 0. The van der Waals surface area contributed by atoms with E-state index in [4.69, 9.17) is 13.9 Å². The fraction of sp³-hybridized carbons (Fsp3) is 0.211. The van der Waals surface area contributed by atoms with Crippen LogP contribution < -0.4 is 5.32 Å². The van der Waals surface area contributed by atoms with Gasteiger partial charge in [-0.1, -0.05) is 42.5 Å². The van der Waals surface area contributed by atoms with Gasteiger partial charge < -0.3 is 19.2 Å². The van der Waals surface area contributed by atoms with Crippen LogP contribution in [0, 0.1) is 0 Å². The number of aromatic nitrogens is 1. The number of hydrogen-bond acceptors (Lipinski definition) is 6. The smallest absolute Gasteiger partial charge is 0.408 e. The number of amides is 1. The summed E-state index contributed by atoms with van der Waals surface area (Å²) in [6, 6.07) is 15.6. The molecule has 1 atom stereocenters. The first-order chi connectivity index (χ1) is 12.6. The Labute approximate surface area is 149 Å². The number of alkyl carbamates (subject to hydrolysis) is 1. The van der Waals surface area contributed by atoms with Crippen molar-refractivity contribution in [1.29, 1.82) is 0 Å². The fourth-order valence-corrected chi connectivity index (χ4v) is 2.24. The first-order valence-corrected chi connectivity index (χ1v) is 8.10. The molecular weight excluding hydrogens is 336 g/mol. The molecule has 3 aromatic rings. The fourth-order valence-electron chi connectivity index (χ4n) is 2.24. The van der Waals surface area contributed by atoms with Crippen LogP contribution in [0.1, 0.15) is 18.4 Å². The van der Waals surface area contributed by atoms with Gasteiger partial charge in [0.15, 0.2) is 12.2 Å². The molecule has 0 spiro atoms. The molecule has 7 heteroatoms. The Hall–Kier alpha value is -3.35. The molecule has 134 valence electrons. The van der Waals surface area contributed by atoms with Crippen molar-refractivity contribution in [3.63, 3.8) is 0 Å². The Morgan fingerprint density at radius 3 is 2.54 bits per heavy atom. The van der Waals surface area contributed by atoms with E-state index in [0.717, 1.165) is 5.56 Å². The molecule has 0 saturated carbocycles. The molecule has 2 aromatic carbocycles. The predicted molar refractivity (Wildman–Crippen MR) is 93.0 cm³/mol. The second-order valence-electron chi connectivity index (χ2n) is 5.61. The third-order valence-electron chi connectivity index (χ3n) is 3.58. The van der Waals surface area contributed by atoms with Crippen LogP contribution in [-0.4, -0.2) is 23.1 Å². The number of carbonyl (C=O) groups is 2. The van der Waals surface area contributed by atoms with Gasteiger partial charge in [0.1, 0.15) is 18.2 Å². The highest BCUT2D eigenvalue weighted by Crippen LogP contribution is 2.15. The Morgan fingerprint density at radius 1 is 1.04 bits per heavy atom. The van der Waals surface area contributed by atoms with Crippen molar-refractivity contribution >= 4 is 23.2 Å². The quantitative estimate of drug-likeness (QED) is 0.684. The van der Waals surface area contributed by atoms with Gasteiger partial charge in [0.05, 0.1) is 0 Å². The number of fused-ring (bicyclic) bond motifs is 1. The summed E-state index contributed by atoms with van der Waals surface area (Å²) in [6.45, 7) is 1.52. The molecule has 0 aliphatic rings. The number of ether oxygens (including phenoxy) is 2. The number of benzene rings is 2. The summed E-state index contributed by atoms with van der Waals surface area (Å²) in [5.41, 5.74) is 2.16. The van der Waals surface area contributed by atoms with Gasteiger partial charge in [0.2, 0.25) is 5.89 Å². The van der Waals surface area contributed by atoms with Gasteiger partial charge in [-0.2, -0.15) is 0 Å². The van der Waals surface area contributed by atoms with E-state index in [1.165, 1.54) is 6.92 Å². The normalized spacial score (nSPS) is 11.7. The van der Waals surface area contributed by atoms with Crippen molar-refractivity contribution in [2.45, 2.75) is 26.2 Å². The standard InChI is InChI=1S/C19H18N2O5/c1-13(20-19(23)25-11-14-7-3-2-4-8-14)18(22)24-12-17-21-15-9-5-6-10-16(15)26-17/h2-10,13H,11-12H2,1H3,(H,20,23)/t13-/m0/s1. The van der Waals surface area contributed by atoms with E-state index in [1.54, 1.807) is 12.1 Å². The maximum absolute atomic E-state index is 12.0. The monoisotopic (exact) mass is 354 g/mol. The molecule has 0 fully saturated rings. The van der Waals surface area contributed by atoms with Crippen LogP contribution in [0.5, 0.6) is 0 Å². The highest BCUT2D eigenvalue weighted by molar-refractivity contribution is 5.81. The van der Waals surface area contributed by atoms with Gasteiger partial charge in [0.25, 0.3) is 0 Å². The molecule has 0 bridgehead atoms. The lowest BCUT2D eigenvalue weighted by Crippen LogP contribution is -2.39. The Morgan fingerprint density at radius 2 is 1.77 bits per heavy atom. The van der Waals surface area contributed by atoms with Crippen molar-refractivity contribution in [3.8, 4) is 0 Å². The third kappa shape index (κ3) is 4.60. The molecule has 1 heterocycles. The first kappa shape index (κ1) is 17.5. The number of nitrogens with one attached hydrogen (secondary N) is 1. The minimum Gasteiger partial charge on any atom is -0.454 e. The summed E-state index contributed by atoms with van der Waals surface area (Å²) in [5, 5.41) is 2.43. The molecule has 1 N–H and O–H groups in total. The van der Waals surface area contributed by atoms with Crippen molar-refractivity contribution in [2.24, 2.45) is 0 Å². The van der Waals surface area contributed by atoms with Crippen LogP contribution in [0.3, 0.4) is 0 Å². The Bertz CT molecular complexity index is 858. The number of hydrogen-bond donors (Lipinski definition) is 1. The van der Waals surface area contributed by atoms with E-state index < -0.39 is 18.1 Å². The van der Waals surface area contributed by atoms with E-state index in [9.17, 15) is 9.59 Å². The van der Waals surface area contributed by atoms with E-state index >= 15 is 0 Å². The lowest BCUT2D eigenvalue weighted by molar-refractivity contribution is -0.147. The average molecular weight is 354 g/mol. The topological polar surface area (TPSA) is 90.7 Å². The van der Waals surface area contributed by atoms with Crippen LogP contribution in [0.2, 0.25) is 0 Å². The summed E-state index contributed by atoms with van der Waals surface area (Å²) in [6.07, 6.45) is -0.694. The highest BCUT2D eigenvalue weighted by atomic mass is 16.6. The Kier molecular flexibility index (Phi) is 5.48. The van der Waals surface area contributed by atoms with E-state index in [1.807, 2.05) is 42.5 Å². The maximum Gasteiger partial charge on any atom is 0.408 e. The van der Waals surface area contributed by atoms with Gasteiger partial charge >= 0.3 is 12.1 Å². The van der Waals surface area contributed by atoms with Crippen LogP contribution >= 0.6 is 0 Å². The molecule has 0 radical (unpaired) electrons. The second-order valence-corrected chi connectivity index (χ2v) is 5.61. The molecule has 3 rings (SSSR count). The number of para-hydroxylation sites is 2. The van der Waals surface area contributed by atoms with Crippen molar-refractivity contribution < 1.29 is 23.5 Å². The Balaban J connectivity index is 1.44. The largest absolute Gasteiger partial charge is 0.454 e. The van der Waals surface area contributed by atoms with Crippen LogP contribution in [-0.2, 0) is 27.5 Å². The van der Waals surface area contributed by atoms with Crippen LogP contribution in [0.15, 0.2) is 59.0 Å². The van der Waals surface area contributed by atoms with Crippen molar-refractivity contribution in [2.75, 3.05) is 0 Å². The average Bonchev–Trinajstić information content (AvgIpc) is 3.08. The van der Waals surface area contributed by atoms with Gasteiger partial charge in [-0.3, -0.25) is 0 Å². The number of nitrogens with zero attached hydrogens (tertiary/aromatic N) is 1. The van der Waals surface area contributed by atoms with Gasteiger partial charge in [-0.15, -0.1) is 0 Å². The zero-order chi connectivity index (χ0) is 18.4. The first-order valence-electron chi connectivity index (χ1n) is 8.10. The second kappa shape index (κ2) is 8.15. The summed E-state index contributed by atoms with van der Waals surface area (Å²) >= 11 is 0. The highest BCUT2D eigenvalue weighted by Gasteiger charge is 2.19. The van der Waals surface area contributed by atoms with E-state index in [0.29, 0.717) is 17.0 Å². The number of rotatable bonds is 6. The molecule has 1 amide bonds. The summed E-state index contributed by atoms with van der Waals surface area (Å²) in [5.74, 6) is -0.317. The molecule has 0 saturated heterocycles. The number of esters is 1. The molecule has 0 aliphatic heterocycles. The summed E-state index contributed by atoms with van der Waals surface area (Å²) in [4.78, 5) is 27.9. The van der Waals surface area contributed by atoms with E-state index in [-0.39, 0.29) is 13.2 Å². The predicted octanol–water partition coefficient (Wildman–Crippen LogP) is 3.19. The summed E-state index contributed by atoms with van der Waals surface area (Å²) < 4.78 is 15.6. The van der Waals surface area contributed by atoms with E-state index in [2.05, 4.69) is 10.3 Å². The molecule has 26 heavy (non-hydrogen) atoms. The van der Waals surface area contributed by atoms with Crippen molar-refractivity contribution in [3.05, 3.63) is 66.1 Å². The molecule has 0 aliphatic carbocycles. The van der Waals surface area contributed by atoms with Crippen molar-refractivity contribution in [1.82, 2.24) is 10.3 Å². The zero-order valence-corrected chi connectivity index (χ0v) is 14.2. The lowest BCUT2D eigenvalue weighted by atomic mass is 10.2. The van der Waals surface area contributed by atoms with Crippen LogP contribution in [0.25, 0.3) is 11.1 Å². The molecular formula is C19H18N2O5. The minimum absolute atomic E-state index is 0.113. The molecule has 7 nitrogen and oxygen atoms in total. The van der Waals surface area contributed by atoms with Crippen LogP contribution in [0.4, 0.5) is 4.79 Å². The minimum atomic E-state index is -0.859. The molecule has 1 aromatic heterocycles. The maximum atomic E-state index is 12.0. The SMILES string of the molecule is C[C@H](NC(=O)OCc1ccccc1)C(=O)OCc1nc2ccccc2o1. The zero-order valence-electron chi connectivity index (χ0n) is 14.2. The van der Waals surface area contributed by atoms with Gasteiger partial charge in [-0.05, 0) is 24.6 Å². The lowest BCUT2D eigenvalue weighted by Gasteiger charge is -2.13. The van der Waals surface area contributed by atoms with Gasteiger partial charge in [0, 0.05) is 0 Å². The molecule has 0 unspecified atom stereocenters. The third-order valence-corrected chi connectivity index (χ3v) is 3.58.